The van der Waals surface area contributed by atoms with Gasteiger partial charge in [0.05, 0.1) is 12.7 Å². The largest absolute Gasteiger partial charge is 0.493 e. The van der Waals surface area contributed by atoms with E-state index in [2.05, 4.69) is 34.0 Å². The molecule has 0 radical (unpaired) electrons. The summed E-state index contributed by atoms with van der Waals surface area (Å²) in [5.74, 6) is 1.86. The highest BCUT2D eigenvalue weighted by molar-refractivity contribution is 5.93. The van der Waals surface area contributed by atoms with Crippen LogP contribution in [0.5, 0.6) is 11.5 Å². The third-order valence-corrected chi connectivity index (χ3v) is 5.02. The van der Waals surface area contributed by atoms with Crippen molar-refractivity contribution in [1.82, 2.24) is 24.8 Å². The second kappa shape index (κ2) is 11.1. The first-order chi connectivity index (χ1) is 15.1. The summed E-state index contributed by atoms with van der Waals surface area (Å²) in [5.41, 5.74) is 1.41. The Bertz CT molecular complexity index is 954. The number of aromatic nitrogens is 3. The molecular formula is C23H29N5O3. The van der Waals surface area contributed by atoms with Gasteiger partial charge in [-0.05, 0) is 42.9 Å². The summed E-state index contributed by atoms with van der Waals surface area (Å²) in [7, 11) is 1.61. The van der Waals surface area contributed by atoms with Gasteiger partial charge in [-0.1, -0.05) is 19.9 Å². The summed E-state index contributed by atoms with van der Waals surface area (Å²) in [6.45, 7) is 8.10. The number of hydrogen-bond donors (Lipinski definition) is 1. The van der Waals surface area contributed by atoms with E-state index in [9.17, 15) is 4.79 Å². The Hall–Kier alpha value is -3.39. The number of imidazole rings is 1. The lowest BCUT2D eigenvalue weighted by molar-refractivity contribution is 0.0950. The molecule has 1 amide bonds. The molecule has 1 aromatic carbocycles. The lowest BCUT2D eigenvalue weighted by Gasteiger charge is -2.19. The van der Waals surface area contributed by atoms with Crippen LogP contribution in [0.15, 0.2) is 55.2 Å². The lowest BCUT2D eigenvalue weighted by Crippen LogP contribution is -2.28. The maximum atomic E-state index is 12.5. The zero-order valence-electron chi connectivity index (χ0n) is 18.2. The van der Waals surface area contributed by atoms with E-state index in [1.807, 2.05) is 18.2 Å². The Kier molecular flexibility index (Phi) is 8.00. The minimum absolute atomic E-state index is 0.191. The number of hydrogen-bond acceptors (Lipinski definition) is 6. The molecule has 2 aromatic heterocycles. The molecule has 0 bridgehead atoms. The first-order valence-corrected chi connectivity index (χ1v) is 10.4. The van der Waals surface area contributed by atoms with Gasteiger partial charge in [0.1, 0.15) is 18.8 Å². The van der Waals surface area contributed by atoms with Gasteiger partial charge in [-0.15, -0.1) is 0 Å². The van der Waals surface area contributed by atoms with Crippen LogP contribution in [0.4, 0.5) is 0 Å². The third-order valence-electron chi connectivity index (χ3n) is 5.02. The number of amides is 1. The highest BCUT2D eigenvalue weighted by atomic mass is 16.5. The molecular weight excluding hydrogens is 394 g/mol. The topological polar surface area (TPSA) is 81.5 Å². The first kappa shape index (κ1) is 22.3. The SMILES string of the molecule is CCN(CC)CCOc1ccc(CNC(=O)c2ccc(-n3ccnc3)nc2)cc1OC. The summed E-state index contributed by atoms with van der Waals surface area (Å²) in [4.78, 5) is 23.1. The zero-order valence-corrected chi connectivity index (χ0v) is 18.2. The molecule has 0 fully saturated rings. The maximum absolute atomic E-state index is 12.5. The second-order valence-corrected chi connectivity index (χ2v) is 6.92. The molecule has 0 atom stereocenters. The Balaban J connectivity index is 1.55. The van der Waals surface area contributed by atoms with E-state index >= 15 is 0 Å². The zero-order chi connectivity index (χ0) is 22.1. The lowest BCUT2D eigenvalue weighted by atomic mass is 10.2. The van der Waals surface area contributed by atoms with Crippen LogP contribution in [0.3, 0.4) is 0 Å². The summed E-state index contributed by atoms with van der Waals surface area (Å²) in [5, 5.41) is 2.91. The van der Waals surface area contributed by atoms with Crippen molar-refractivity contribution < 1.29 is 14.3 Å². The highest BCUT2D eigenvalue weighted by Crippen LogP contribution is 2.28. The van der Waals surface area contributed by atoms with E-state index in [0.29, 0.717) is 36.0 Å². The number of nitrogens with one attached hydrogen (secondary N) is 1. The molecule has 164 valence electrons. The van der Waals surface area contributed by atoms with Gasteiger partial charge in [0, 0.05) is 31.7 Å². The standard InChI is InChI=1S/C23H29N5O3/c1-4-27(5-2)12-13-31-20-8-6-18(14-21(20)30-3)15-26-23(29)19-7-9-22(25-16-19)28-11-10-24-17-28/h6-11,14,16-17H,4-5,12-13,15H2,1-3H3,(H,26,29). The molecule has 8 nitrogen and oxygen atoms in total. The van der Waals surface area contributed by atoms with E-state index in [1.54, 1.807) is 48.7 Å². The average Bonchev–Trinajstić information content (AvgIpc) is 3.36. The van der Waals surface area contributed by atoms with Crippen LogP contribution in [0, 0.1) is 0 Å². The third kappa shape index (κ3) is 6.05. The Morgan fingerprint density at radius 2 is 2.00 bits per heavy atom. The number of pyridine rings is 1. The maximum Gasteiger partial charge on any atom is 0.253 e. The fraction of sp³-hybridized carbons (Fsp3) is 0.348. The number of benzene rings is 1. The van der Waals surface area contributed by atoms with Crippen LogP contribution in [-0.4, -0.2) is 58.7 Å². The monoisotopic (exact) mass is 423 g/mol. The Morgan fingerprint density at radius 1 is 1.16 bits per heavy atom. The van der Waals surface area contributed by atoms with Crippen LogP contribution in [0.25, 0.3) is 5.82 Å². The Morgan fingerprint density at radius 3 is 2.65 bits per heavy atom. The van der Waals surface area contributed by atoms with Crippen molar-refractivity contribution in [3.05, 3.63) is 66.4 Å². The van der Waals surface area contributed by atoms with Gasteiger partial charge in [-0.25, -0.2) is 9.97 Å². The van der Waals surface area contributed by atoms with Crippen molar-refractivity contribution in [3.63, 3.8) is 0 Å². The van der Waals surface area contributed by atoms with Gasteiger partial charge >= 0.3 is 0 Å². The quantitative estimate of drug-likeness (QED) is 0.511. The van der Waals surface area contributed by atoms with Crippen LogP contribution in [0.2, 0.25) is 0 Å². The highest BCUT2D eigenvalue weighted by Gasteiger charge is 2.10. The van der Waals surface area contributed by atoms with Gasteiger partial charge in [0.15, 0.2) is 11.5 Å². The van der Waals surface area contributed by atoms with Gasteiger partial charge < -0.3 is 19.7 Å². The van der Waals surface area contributed by atoms with E-state index in [0.717, 1.165) is 25.2 Å². The van der Waals surface area contributed by atoms with E-state index in [-0.39, 0.29) is 5.91 Å². The minimum atomic E-state index is -0.191. The number of ether oxygens (including phenoxy) is 2. The van der Waals surface area contributed by atoms with Gasteiger partial charge in [-0.2, -0.15) is 0 Å². The van der Waals surface area contributed by atoms with Gasteiger partial charge in [-0.3, -0.25) is 9.36 Å². The summed E-state index contributed by atoms with van der Waals surface area (Å²) in [6, 6.07) is 9.21. The molecule has 1 N–H and O–H groups in total. The molecule has 0 aliphatic carbocycles. The fourth-order valence-corrected chi connectivity index (χ4v) is 3.12. The number of nitrogens with zero attached hydrogens (tertiary/aromatic N) is 4. The molecule has 0 aliphatic heterocycles. The summed E-state index contributed by atoms with van der Waals surface area (Å²) in [6.07, 6.45) is 6.69. The van der Waals surface area contributed by atoms with E-state index < -0.39 is 0 Å². The molecule has 3 aromatic rings. The van der Waals surface area contributed by atoms with Crippen molar-refractivity contribution in [2.75, 3.05) is 33.4 Å². The molecule has 0 saturated heterocycles. The Labute approximate surface area is 182 Å². The van der Waals surface area contributed by atoms with Crippen molar-refractivity contribution >= 4 is 5.91 Å². The number of likely N-dealkylation sites (N-methyl/N-ethyl adjacent to an activating group) is 1. The molecule has 0 unspecified atom stereocenters. The van der Waals surface area contributed by atoms with Crippen molar-refractivity contribution in [2.24, 2.45) is 0 Å². The van der Waals surface area contributed by atoms with Crippen LogP contribution < -0.4 is 14.8 Å². The van der Waals surface area contributed by atoms with Crippen LogP contribution in [-0.2, 0) is 6.54 Å². The predicted molar refractivity (Wildman–Crippen MR) is 119 cm³/mol. The minimum Gasteiger partial charge on any atom is -0.493 e. The average molecular weight is 424 g/mol. The summed E-state index contributed by atoms with van der Waals surface area (Å²) >= 11 is 0. The fourth-order valence-electron chi connectivity index (χ4n) is 3.12. The first-order valence-electron chi connectivity index (χ1n) is 10.4. The summed E-state index contributed by atoms with van der Waals surface area (Å²) < 4.78 is 13.1. The molecule has 8 heteroatoms. The molecule has 31 heavy (non-hydrogen) atoms. The molecule has 0 aliphatic rings. The molecule has 0 saturated carbocycles. The van der Waals surface area contributed by atoms with Crippen molar-refractivity contribution in [3.8, 4) is 17.3 Å². The van der Waals surface area contributed by atoms with Crippen LogP contribution >= 0.6 is 0 Å². The predicted octanol–water partition coefficient (Wildman–Crippen LogP) is 2.93. The molecule has 2 heterocycles. The number of carbonyl (C=O) groups excluding carboxylic acids is 1. The molecule has 3 rings (SSSR count). The number of carbonyl (C=O) groups is 1. The van der Waals surface area contributed by atoms with E-state index in [1.165, 1.54) is 0 Å². The molecule has 0 spiro atoms. The van der Waals surface area contributed by atoms with Gasteiger partial charge in [0.25, 0.3) is 5.91 Å². The number of methoxy groups -OCH3 is 1. The normalized spacial score (nSPS) is 10.8. The number of rotatable bonds is 11. The van der Waals surface area contributed by atoms with Crippen molar-refractivity contribution in [2.45, 2.75) is 20.4 Å². The van der Waals surface area contributed by atoms with Crippen LogP contribution in [0.1, 0.15) is 29.8 Å². The van der Waals surface area contributed by atoms with Gasteiger partial charge in [0.2, 0.25) is 0 Å². The van der Waals surface area contributed by atoms with Crippen molar-refractivity contribution in [1.29, 1.82) is 0 Å². The second-order valence-electron chi connectivity index (χ2n) is 6.92. The van der Waals surface area contributed by atoms with E-state index in [4.69, 9.17) is 9.47 Å². The smallest absolute Gasteiger partial charge is 0.253 e.